The summed E-state index contributed by atoms with van der Waals surface area (Å²) in [5, 5.41) is 0.685. The minimum atomic E-state index is -3.20. The molecular weight excluding hydrogens is 481 g/mol. The molecule has 2 aromatic carbocycles. The lowest BCUT2D eigenvalue weighted by Gasteiger charge is -2.38. The highest BCUT2D eigenvalue weighted by molar-refractivity contribution is 8.22. The van der Waals surface area contributed by atoms with Crippen molar-refractivity contribution >= 4 is 27.8 Å². The van der Waals surface area contributed by atoms with E-state index >= 15 is 0 Å². The van der Waals surface area contributed by atoms with Gasteiger partial charge in [-0.25, -0.2) is 9.18 Å². The van der Waals surface area contributed by atoms with Crippen LogP contribution >= 0.6 is 10.8 Å². The fraction of sp³-hybridized carbons (Fsp3) is 0.259. The van der Waals surface area contributed by atoms with Crippen molar-refractivity contribution in [1.29, 1.82) is 0 Å². The van der Waals surface area contributed by atoms with Crippen LogP contribution in [0.15, 0.2) is 71.9 Å². The van der Waals surface area contributed by atoms with Crippen LogP contribution in [0, 0.1) is 5.82 Å². The molecule has 9 heteroatoms. The molecule has 1 unspecified atom stereocenters. The number of pyridine rings is 1. The van der Waals surface area contributed by atoms with Crippen LogP contribution in [0.25, 0.3) is 22.0 Å². The normalized spacial score (nSPS) is 18.2. The maximum atomic E-state index is 14.1. The zero-order valence-electron chi connectivity index (χ0n) is 20.5. The first-order chi connectivity index (χ1) is 17.0. The van der Waals surface area contributed by atoms with Crippen molar-refractivity contribution in [2.75, 3.05) is 0 Å². The van der Waals surface area contributed by atoms with Gasteiger partial charge in [-0.1, -0.05) is 12.1 Å². The number of hydrogen-bond acceptors (Lipinski definition) is 6. The van der Waals surface area contributed by atoms with E-state index in [0.717, 1.165) is 16.8 Å². The molecule has 0 bridgehead atoms. The molecule has 0 amide bonds. The highest BCUT2D eigenvalue weighted by atomic mass is 32.3. The van der Waals surface area contributed by atoms with Crippen molar-refractivity contribution in [3.8, 4) is 11.1 Å². The van der Waals surface area contributed by atoms with Crippen molar-refractivity contribution in [2.45, 2.75) is 50.8 Å². The van der Waals surface area contributed by atoms with E-state index in [-0.39, 0.29) is 12.6 Å². The van der Waals surface area contributed by atoms with Crippen LogP contribution in [-0.2, 0) is 11.3 Å². The van der Waals surface area contributed by atoms with Gasteiger partial charge >= 0.3 is 6.09 Å². The van der Waals surface area contributed by atoms with E-state index in [1.165, 1.54) is 16.7 Å². The Morgan fingerprint density at radius 3 is 2.61 bits per heavy atom. The molecule has 0 saturated carbocycles. The van der Waals surface area contributed by atoms with Crippen LogP contribution in [-0.4, -0.2) is 34.7 Å². The predicted octanol–water partition coefficient (Wildman–Crippen LogP) is 7.23. The maximum absolute atomic E-state index is 14.1. The van der Waals surface area contributed by atoms with E-state index < -0.39 is 28.3 Å². The number of aromatic nitrogens is 2. The lowest BCUT2D eigenvalue weighted by molar-refractivity contribution is 0.0544. The third-order valence-electron chi connectivity index (χ3n) is 6.23. The topological polar surface area (TPSA) is 87.8 Å². The van der Waals surface area contributed by atoms with E-state index in [2.05, 4.69) is 4.98 Å². The van der Waals surface area contributed by atoms with Crippen molar-refractivity contribution in [3.63, 3.8) is 0 Å². The summed E-state index contributed by atoms with van der Waals surface area (Å²) in [7, 11) is -3.20. The molecular formula is C27H28FN3O4S. The Balaban J connectivity index is 1.58. The van der Waals surface area contributed by atoms with Gasteiger partial charge in [0.1, 0.15) is 11.4 Å². The Morgan fingerprint density at radius 1 is 1.14 bits per heavy atom. The van der Waals surface area contributed by atoms with Crippen LogP contribution in [0.1, 0.15) is 45.0 Å². The lowest BCUT2D eigenvalue weighted by atomic mass is 9.99. The third-order valence-corrected chi connectivity index (χ3v) is 8.29. The summed E-state index contributed by atoms with van der Waals surface area (Å²) in [6, 6.07) is 15.0. The first-order valence-electron chi connectivity index (χ1n) is 11.6. The van der Waals surface area contributed by atoms with Crippen molar-refractivity contribution < 1.29 is 23.0 Å². The number of hydrogen-bond donors (Lipinski definition) is 2. The predicted molar refractivity (Wildman–Crippen MR) is 138 cm³/mol. The largest absolute Gasteiger partial charge is 0.443 e. The van der Waals surface area contributed by atoms with Crippen LogP contribution in [0.5, 0.6) is 0 Å². The molecule has 2 N–H and O–H groups in total. The number of benzene rings is 2. The second-order valence-electron chi connectivity index (χ2n) is 9.90. The van der Waals surface area contributed by atoms with Crippen LogP contribution in [0.2, 0.25) is 0 Å². The van der Waals surface area contributed by atoms with Gasteiger partial charge in [-0.2, -0.15) is 4.31 Å². The molecule has 4 aromatic rings. The van der Waals surface area contributed by atoms with Crippen LogP contribution < -0.4 is 0 Å². The highest BCUT2D eigenvalue weighted by Gasteiger charge is 2.41. The molecule has 0 spiro atoms. The van der Waals surface area contributed by atoms with E-state index in [4.69, 9.17) is 4.74 Å². The summed E-state index contributed by atoms with van der Waals surface area (Å²) in [6.45, 7) is 7.52. The second-order valence-corrected chi connectivity index (χ2v) is 11.8. The van der Waals surface area contributed by atoms with Gasteiger partial charge in [0.05, 0.1) is 28.7 Å². The number of fused-ring (bicyclic) bond motifs is 2. The summed E-state index contributed by atoms with van der Waals surface area (Å²) < 4.78 is 44.9. The Morgan fingerprint density at radius 2 is 1.92 bits per heavy atom. The fourth-order valence-corrected chi connectivity index (χ4v) is 6.48. The Labute approximate surface area is 210 Å². The van der Waals surface area contributed by atoms with Gasteiger partial charge in [-0.3, -0.25) is 18.7 Å². The number of nitrogens with zero attached hydrogens (tertiary/aromatic N) is 3. The van der Waals surface area contributed by atoms with Crippen molar-refractivity contribution in [2.24, 2.45) is 0 Å². The molecule has 3 heterocycles. The summed E-state index contributed by atoms with van der Waals surface area (Å²) in [5.41, 5.74) is 2.69. The Bertz CT molecular complexity index is 1460. The van der Waals surface area contributed by atoms with Crippen LogP contribution in [0.4, 0.5) is 9.18 Å². The summed E-state index contributed by atoms with van der Waals surface area (Å²) in [6.07, 6.45) is 2.72. The average Bonchev–Trinajstić information content (AvgIpc) is 3.27. The van der Waals surface area contributed by atoms with Gasteiger partial charge in [0.25, 0.3) is 0 Å². The van der Waals surface area contributed by atoms with Crippen molar-refractivity contribution in [1.82, 2.24) is 13.9 Å². The molecule has 1 aliphatic heterocycles. The quantitative estimate of drug-likeness (QED) is 0.303. The first-order valence-corrected chi connectivity index (χ1v) is 13.1. The molecule has 7 nitrogen and oxygen atoms in total. The number of carbonyl (C=O) groups is 1. The number of carbonyl (C=O) groups excluding carboxylic acids is 1. The standard InChI is InChI=1S/C27H28FN3O4S/c1-17-22-13-18(8-11-25(22)36(33,34)31(17)15-20-7-5-6-12-29-20)23-16-30(26(32)35-27(2,3)4)24-14-19(28)9-10-21(23)24/h5-14,16-17,33-34H,15H2,1-4H3. The van der Waals surface area contributed by atoms with Gasteiger partial charge in [0, 0.05) is 23.3 Å². The summed E-state index contributed by atoms with van der Waals surface area (Å²) in [4.78, 5) is 17.7. The van der Waals surface area contributed by atoms with E-state index in [1.807, 2.05) is 31.2 Å². The molecule has 36 heavy (non-hydrogen) atoms. The molecule has 1 aliphatic rings. The van der Waals surface area contributed by atoms with Crippen LogP contribution in [0.3, 0.4) is 0 Å². The molecule has 1 atom stereocenters. The first kappa shape index (κ1) is 24.5. The Kier molecular flexibility index (Phi) is 5.91. The smallest absolute Gasteiger partial charge is 0.419 e. The molecule has 2 aromatic heterocycles. The van der Waals surface area contributed by atoms with Gasteiger partial charge in [-0.15, -0.1) is 10.8 Å². The van der Waals surface area contributed by atoms with Gasteiger partial charge < -0.3 is 4.74 Å². The van der Waals surface area contributed by atoms with Gasteiger partial charge in [0.2, 0.25) is 0 Å². The summed E-state index contributed by atoms with van der Waals surface area (Å²) in [5.74, 6) is -0.460. The number of halogens is 1. The lowest BCUT2D eigenvalue weighted by Crippen LogP contribution is -2.26. The van der Waals surface area contributed by atoms with E-state index in [1.54, 1.807) is 55.7 Å². The average molecular weight is 510 g/mol. The molecule has 188 valence electrons. The van der Waals surface area contributed by atoms with Crippen molar-refractivity contribution in [3.05, 3.63) is 84.1 Å². The molecule has 5 rings (SSSR count). The summed E-state index contributed by atoms with van der Waals surface area (Å²) >= 11 is 0. The third kappa shape index (κ3) is 4.28. The van der Waals surface area contributed by atoms with Gasteiger partial charge in [0.15, 0.2) is 0 Å². The molecule has 0 fully saturated rings. The van der Waals surface area contributed by atoms with E-state index in [9.17, 15) is 18.3 Å². The Hall–Kier alpha value is -3.24. The zero-order chi connectivity index (χ0) is 25.8. The monoisotopic (exact) mass is 509 g/mol. The molecule has 0 saturated heterocycles. The zero-order valence-corrected chi connectivity index (χ0v) is 21.3. The minimum Gasteiger partial charge on any atom is -0.443 e. The molecule has 0 aliphatic carbocycles. The highest BCUT2D eigenvalue weighted by Crippen LogP contribution is 2.64. The minimum absolute atomic E-state index is 0.283. The fourth-order valence-electron chi connectivity index (χ4n) is 4.56. The maximum Gasteiger partial charge on any atom is 0.419 e. The van der Waals surface area contributed by atoms with E-state index in [0.29, 0.717) is 21.4 Å². The SMILES string of the molecule is CC1c2cc(-c3cn(C(=O)OC(C)(C)C)c4cc(F)ccc34)ccc2S(O)(O)N1Cc1ccccn1. The number of ether oxygens (including phenoxy) is 1. The number of rotatable bonds is 3. The molecule has 0 radical (unpaired) electrons. The second kappa shape index (κ2) is 8.70. The van der Waals surface area contributed by atoms with Gasteiger partial charge in [-0.05, 0) is 81.3 Å².